The number of carboxylic acids is 1. The Bertz CT molecular complexity index is 293. The quantitative estimate of drug-likeness (QED) is 0.745. The molecule has 1 heterocycles. The zero-order chi connectivity index (χ0) is 12.3. The summed E-state index contributed by atoms with van der Waals surface area (Å²) in [6.07, 6.45) is -4.18. The number of carbonyl (C=O) groups is 2. The fourth-order valence-corrected chi connectivity index (χ4v) is 1.43. The summed E-state index contributed by atoms with van der Waals surface area (Å²) in [6, 6.07) is -0.874. The maximum absolute atomic E-state index is 11.8. The summed E-state index contributed by atoms with van der Waals surface area (Å²) in [6.45, 7) is -1.28. The third kappa shape index (κ3) is 3.59. The number of alkyl halides is 3. The lowest BCUT2D eigenvalue weighted by atomic mass is 10.1. The Morgan fingerprint density at radius 3 is 2.50 bits per heavy atom. The Balaban J connectivity index is 2.37. The molecule has 8 heteroatoms. The molecule has 1 unspecified atom stereocenters. The highest BCUT2D eigenvalue weighted by Gasteiger charge is 2.33. The summed E-state index contributed by atoms with van der Waals surface area (Å²) in [5.74, 6) is -1.72. The predicted octanol–water partition coefficient (Wildman–Crippen LogP) is 0.665. The van der Waals surface area contributed by atoms with E-state index in [2.05, 4.69) is 0 Å². The van der Waals surface area contributed by atoms with Crippen LogP contribution in [-0.2, 0) is 4.79 Å². The minimum atomic E-state index is -4.46. The molecule has 0 bridgehead atoms. The molecule has 92 valence electrons. The first-order valence-corrected chi connectivity index (χ1v) is 4.62. The van der Waals surface area contributed by atoms with Gasteiger partial charge in [0.05, 0.1) is 5.92 Å². The van der Waals surface area contributed by atoms with Gasteiger partial charge in [0.1, 0.15) is 6.54 Å². The molecule has 16 heavy (non-hydrogen) atoms. The standard InChI is InChI=1S/C8H11F3N2O3/c9-8(10,11)4-12-7(16)13-2-1-5(3-13)6(14)15/h5H,1-4H2,(H,12,16)(H,14,15). The monoisotopic (exact) mass is 240 g/mol. The highest BCUT2D eigenvalue weighted by Crippen LogP contribution is 2.17. The zero-order valence-electron chi connectivity index (χ0n) is 8.25. The second-order valence-corrected chi connectivity index (χ2v) is 3.54. The molecule has 1 aliphatic rings. The van der Waals surface area contributed by atoms with Gasteiger partial charge in [0, 0.05) is 13.1 Å². The molecule has 2 amide bonds. The molecule has 0 aromatic heterocycles. The van der Waals surface area contributed by atoms with Gasteiger partial charge in [0.25, 0.3) is 0 Å². The van der Waals surface area contributed by atoms with Gasteiger partial charge in [-0.3, -0.25) is 4.79 Å². The van der Waals surface area contributed by atoms with Crippen molar-refractivity contribution in [1.29, 1.82) is 0 Å². The summed E-state index contributed by atoms with van der Waals surface area (Å²) in [4.78, 5) is 22.8. The highest BCUT2D eigenvalue weighted by molar-refractivity contribution is 5.77. The third-order valence-electron chi connectivity index (χ3n) is 2.26. The molecule has 5 nitrogen and oxygen atoms in total. The van der Waals surface area contributed by atoms with Crippen LogP contribution in [0.2, 0.25) is 0 Å². The van der Waals surface area contributed by atoms with E-state index in [-0.39, 0.29) is 19.5 Å². The Labute approximate surface area is 89.2 Å². The first-order chi connectivity index (χ1) is 7.29. The number of nitrogens with zero attached hydrogens (tertiary/aromatic N) is 1. The van der Waals surface area contributed by atoms with E-state index in [0.29, 0.717) is 0 Å². The molecule has 1 atom stereocenters. The molecule has 0 aromatic rings. The van der Waals surface area contributed by atoms with E-state index >= 15 is 0 Å². The average molecular weight is 240 g/mol. The fourth-order valence-electron chi connectivity index (χ4n) is 1.43. The number of amides is 2. The van der Waals surface area contributed by atoms with E-state index < -0.39 is 30.6 Å². The maximum atomic E-state index is 11.8. The maximum Gasteiger partial charge on any atom is 0.405 e. The predicted molar refractivity (Wildman–Crippen MR) is 46.8 cm³/mol. The van der Waals surface area contributed by atoms with Gasteiger partial charge < -0.3 is 15.3 Å². The number of likely N-dealkylation sites (tertiary alicyclic amines) is 1. The van der Waals surface area contributed by atoms with Crippen LogP contribution in [0.4, 0.5) is 18.0 Å². The molecule has 0 aromatic carbocycles. The molecule has 0 aliphatic carbocycles. The number of carbonyl (C=O) groups excluding carboxylic acids is 1. The number of hydrogen-bond donors (Lipinski definition) is 2. The number of nitrogens with one attached hydrogen (secondary N) is 1. The summed E-state index contributed by atoms with van der Waals surface area (Å²) in [5.41, 5.74) is 0. The van der Waals surface area contributed by atoms with Crippen molar-refractivity contribution in [2.24, 2.45) is 5.92 Å². The minimum Gasteiger partial charge on any atom is -0.481 e. The topological polar surface area (TPSA) is 69.6 Å². The first-order valence-electron chi connectivity index (χ1n) is 4.62. The van der Waals surface area contributed by atoms with E-state index in [9.17, 15) is 22.8 Å². The molecule has 1 saturated heterocycles. The van der Waals surface area contributed by atoms with Crippen molar-refractivity contribution in [2.75, 3.05) is 19.6 Å². The van der Waals surface area contributed by atoms with Crippen LogP contribution >= 0.6 is 0 Å². The number of urea groups is 1. The van der Waals surface area contributed by atoms with Gasteiger partial charge in [-0.25, -0.2) is 4.79 Å². The zero-order valence-corrected chi connectivity index (χ0v) is 8.25. The first kappa shape index (κ1) is 12.6. The number of aliphatic carboxylic acids is 1. The molecule has 1 aliphatic heterocycles. The minimum absolute atomic E-state index is 0.0426. The van der Waals surface area contributed by atoms with Crippen molar-refractivity contribution in [1.82, 2.24) is 10.2 Å². The van der Waals surface area contributed by atoms with Crippen molar-refractivity contribution < 1.29 is 27.9 Å². The lowest BCUT2D eigenvalue weighted by Crippen LogP contribution is -2.42. The molecule has 2 N–H and O–H groups in total. The average Bonchev–Trinajstić information content (AvgIpc) is 2.61. The Morgan fingerprint density at radius 1 is 1.44 bits per heavy atom. The third-order valence-corrected chi connectivity index (χ3v) is 2.26. The molecule has 0 spiro atoms. The van der Waals surface area contributed by atoms with E-state index in [1.54, 1.807) is 5.32 Å². The molecule has 0 saturated carbocycles. The van der Waals surface area contributed by atoms with Crippen molar-refractivity contribution in [3.63, 3.8) is 0 Å². The van der Waals surface area contributed by atoms with Gasteiger partial charge in [0.2, 0.25) is 0 Å². The van der Waals surface area contributed by atoms with Crippen molar-refractivity contribution >= 4 is 12.0 Å². The van der Waals surface area contributed by atoms with Gasteiger partial charge in [-0.2, -0.15) is 13.2 Å². The summed E-state index contributed by atoms with van der Waals surface area (Å²) in [5, 5.41) is 10.3. The van der Waals surface area contributed by atoms with Crippen LogP contribution in [0.15, 0.2) is 0 Å². The van der Waals surface area contributed by atoms with E-state index in [1.807, 2.05) is 0 Å². The van der Waals surface area contributed by atoms with Crippen LogP contribution in [0.3, 0.4) is 0 Å². The van der Waals surface area contributed by atoms with Crippen LogP contribution in [-0.4, -0.2) is 47.8 Å². The van der Waals surface area contributed by atoms with Gasteiger partial charge in [-0.15, -0.1) is 0 Å². The smallest absolute Gasteiger partial charge is 0.405 e. The van der Waals surface area contributed by atoms with Crippen LogP contribution in [0, 0.1) is 5.92 Å². The van der Waals surface area contributed by atoms with Gasteiger partial charge >= 0.3 is 18.2 Å². The normalized spacial score (nSPS) is 20.9. The molecule has 1 fully saturated rings. The Kier molecular flexibility index (Phi) is 3.61. The van der Waals surface area contributed by atoms with Crippen molar-refractivity contribution in [3.05, 3.63) is 0 Å². The summed E-state index contributed by atoms with van der Waals surface area (Å²) < 4.78 is 35.3. The van der Waals surface area contributed by atoms with Crippen LogP contribution in [0.5, 0.6) is 0 Å². The number of rotatable bonds is 2. The molecular weight excluding hydrogens is 229 g/mol. The van der Waals surface area contributed by atoms with Crippen LogP contribution in [0.25, 0.3) is 0 Å². The number of hydrogen-bond acceptors (Lipinski definition) is 2. The molecule has 0 radical (unpaired) electrons. The highest BCUT2D eigenvalue weighted by atomic mass is 19.4. The van der Waals surface area contributed by atoms with Crippen LogP contribution < -0.4 is 5.32 Å². The van der Waals surface area contributed by atoms with Crippen molar-refractivity contribution in [2.45, 2.75) is 12.6 Å². The van der Waals surface area contributed by atoms with Gasteiger partial charge in [-0.05, 0) is 6.42 Å². The molecule has 1 rings (SSSR count). The SMILES string of the molecule is O=C(O)C1CCN(C(=O)NCC(F)(F)F)C1. The van der Waals surface area contributed by atoms with Crippen molar-refractivity contribution in [3.8, 4) is 0 Å². The second kappa shape index (κ2) is 4.58. The van der Waals surface area contributed by atoms with Gasteiger partial charge in [-0.1, -0.05) is 0 Å². The summed E-state index contributed by atoms with van der Waals surface area (Å²) >= 11 is 0. The Morgan fingerprint density at radius 2 is 2.06 bits per heavy atom. The number of halogens is 3. The van der Waals surface area contributed by atoms with E-state index in [1.165, 1.54) is 0 Å². The fraction of sp³-hybridized carbons (Fsp3) is 0.750. The largest absolute Gasteiger partial charge is 0.481 e. The van der Waals surface area contributed by atoms with Gasteiger partial charge in [0.15, 0.2) is 0 Å². The summed E-state index contributed by atoms with van der Waals surface area (Å²) in [7, 11) is 0. The molecular formula is C8H11F3N2O3. The Hall–Kier alpha value is -1.47. The van der Waals surface area contributed by atoms with E-state index in [4.69, 9.17) is 5.11 Å². The van der Waals surface area contributed by atoms with Crippen LogP contribution in [0.1, 0.15) is 6.42 Å². The van der Waals surface area contributed by atoms with E-state index in [0.717, 1.165) is 4.90 Å². The lowest BCUT2D eigenvalue weighted by Gasteiger charge is -2.17. The second-order valence-electron chi connectivity index (χ2n) is 3.54. The number of carboxylic acid groups (broad SMARTS) is 1. The lowest BCUT2D eigenvalue weighted by molar-refractivity contribution is -0.141.